The number of carbonyl (C=O) groups excluding carboxylic acids is 2. The zero-order chi connectivity index (χ0) is 13.0. The van der Waals surface area contributed by atoms with E-state index in [9.17, 15) is 9.59 Å². The lowest BCUT2D eigenvalue weighted by Gasteiger charge is -2.24. The second-order valence-electron chi connectivity index (χ2n) is 5.03. The van der Waals surface area contributed by atoms with E-state index < -0.39 is 5.97 Å². The van der Waals surface area contributed by atoms with Crippen LogP contribution >= 0.6 is 0 Å². The molecule has 0 aliphatic heterocycles. The first-order valence-corrected chi connectivity index (χ1v) is 6.48. The Labute approximate surface area is 107 Å². The molecule has 0 radical (unpaired) electrons. The number of hydrogen-bond donors (Lipinski definition) is 0. The summed E-state index contributed by atoms with van der Waals surface area (Å²) >= 11 is 0. The maximum atomic E-state index is 11.8. The standard InChI is InChI=1S/C15H18O3/c1-11-7-9-13(10-8-11)15(17)18-14(16)12-5-3-2-4-6-12/h2-6,11,13H,7-10H2,1H3. The number of carbonyl (C=O) groups is 2. The van der Waals surface area contributed by atoms with Gasteiger partial charge in [0.1, 0.15) is 0 Å². The summed E-state index contributed by atoms with van der Waals surface area (Å²) in [7, 11) is 0. The van der Waals surface area contributed by atoms with Crippen LogP contribution in [0.25, 0.3) is 0 Å². The van der Waals surface area contributed by atoms with Crippen molar-refractivity contribution in [2.24, 2.45) is 11.8 Å². The molecule has 1 aromatic rings. The van der Waals surface area contributed by atoms with Crippen LogP contribution in [0.1, 0.15) is 43.0 Å². The average Bonchev–Trinajstić information content (AvgIpc) is 2.40. The van der Waals surface area contributed by atoms with Gasteiger partial charge in [-0.1, -0.05) is 25.1 Å². The van der Waals surface area contributed by atoms with Crippen LogP contribution in [0.15, 0.2) is 30.3 Å². The van der Waals surface area contributed by atoms with Gasteiger partial charge in [-0.05, 0) is 43.7 Å². The molecule has 1 aliphatic rings. The number of hydrogen-bond acceptors (Lipinski definition) is 3. The summed E-state index contributed by atoms with van der Waals surface area (Å²) in [5, 5.41) is 0. The van der Waals surface area contributed by atoms with E-state index in [4.69, 9.17) is 4.74 Å². The van der Waals surface area contributed by atoms with Crippen LogP contribution < -0.4 is 0 Å². The summed E-state index contributed by atoms with van der Waals surface area (Å²) in [4.78, 5) is 23.6. The van der Waals surface area contributed by atoms with Crippen LogP contribution in [0.5, 0.6) is 0 Å². The molecule has 1 fully saturated rings. The number of benzene rings is 1. The van der Waals surface area contributed by atoms with Gasteiger partial charge in [0.25, 0.3) is 0 Å². The van der Waals surface area contributed by atoms with Crippen molar-refractivity contribution in [1.82, 2.24) is 0 Å². The van der Waals surface area contributed by atoms with E-state index in [2.05, 4.69) is 6.92 Å². The second kappa shape index (κ2) is 5.80. The third kappa shape index (κ3) is 3.19. The van der Waals surface area contributed by atoms with E-state index in [-0.39, 0.29) is 11.9 Å². The lowest BCUT2D eigenvalue weighted by atomic mass is 9.83. The molecular weight excluding hydrogens is 228 g/mol. The highest BCUT2D eigenvalue weighted by Crippen LogP contribution is 2.29. The van der Waals surface area contributed by atoms with Crippen molar-refractivity contribution in [3.8, 4) is 0 Å². The summed E-state index contributed by atoms with van der Waals surface area (Å²) in [5.74, 6) is -0.331. The number of rotatable bonds is 2. The fraction of sp³-hybridized carbons (Fsp3) is 0.467. The Morgan fingerprint density at radius 2 is 1.67 bits per heavy atom. The Morgan fingerprint density at radius 1 is 1.06 bits per heavy atom. The first-order chi connectivity index (χ1) is 8.66. The Bertz CT molecular complexity index is 417. The maximum Gasteiger partial charge on any atom is 0.345 e. The molecule has 18 heavy (non-hydrogen) atoms. The first kappa shape index (κ1) is 12.8. The highest BCUT2D eigenvalue weighted by atomic mass is 16.6. The van der Waals surface area contributed by atoms with Gasteiger partial charge in [-0.2, -0.15) is 0 Å². The predicted molar refractivity (Wildman–Crippen MR) is 68.0 cm³/mol. The summed E-state index contributed by atoms with van der Waals surface area (Å²) in [5.41, 5.74) is 0.426. The van der Waals surface area contributed by atoms with Crippen molar-refractivity contribution in [3.63, 3.8) is 0 Å². The van der Waals surface area contributed by atoms with Crippen LogP contribution in [-0.2, 0) is 9.53 Å². The van der Waals surface area contributed by atoms with Crippen molar-refractivity contribution in [1.29, 1.82) is 0 Å². The van der Waals surface area contributed by atoms with E-state index in [1.165, 1.54) is 0 Å². The molecule has 0 spiro atoms. The minimum Gasteiger partial charge on any atom is -0.389 e. The topological polar surface area (TPSA) is 43.4 Å². The fourth-order valence-electron chi connectivity index (χ4n) is 2.30. The summed E-state index contributed by atoms with van der Waals surface area (Å²) in [6.07, 6.45) is 3.75. The number of esters is 2. The van der Waals surface area contributed by atoms with Crippen molar-refractivity contribution in [2.45, 2.75) is 32.6 Å². The molecule has 2 rings (SSSR count). The SMILES string of the molecule is CC1CCC(C(=O)OC(=O)c2ccccc2)CC1. The van der Waals surface area contributed by atoms with Gasteiger partial charge in [0, 0.05) is 0 Å². The Balaban J connectivity index is 1.90. The van der Waals surface area contributed by atoms with Gasteiger partial charge < -0.3 is 4.74 Å². The minimum atomic E-state index is -0.542. The molecule has 1 saturated carbocycles. The van der Waals surface area contributed by atoms with Gasteiger partial charge >= 0.3 is 11.9 Å². The third-order valence-electron chi connectivity index (χ3n) is 3.55. The predicted octanol–water partition coefficient (Wildman–Crippen LogP) is 3.20. The van der Waals surface area contributed by atoms with E-state index in [0.29, 0.717) is 11.5 Å². The van der Waals surface area contributed by atoms with Crippen LogP contribution in [0.4, 0.5) is 0 Å². The molecule has 0 heterocycles. The quantitative estimate of drug-likeness (QED) is 0.594. The molecule has 0 atom stereocenters. The molecule has 3 nitrogen and oxygen atoms in total. The lowest BCUT2D eigenvalue weighted by Crippen LogP contribution is -2.25. The maximum absolute atomic E-state index is 11.8. The second-order valence-corrected chi connectivity index (χ2v) is 5.03. The van der Waals surface area contributed by atoms with Gasteiger partial charge in [0.05, 0.1) is 11.5 Å². The van der Waals surface area contributed by atoms with Crippen LogP contribution in [-0.4, -0.2) is 11.9 Å². The molecule has 1 aromatic carbocycles. The Morgan fingerprint density at radius 3 is 2.28 bits per heavy atom. The van der Waals surface area contributed by atoms with E-state index in [0.717, 1.165) is 25.7 Å². The highest BCUT2D eigenvalue weighted by molar-refractivity contribution is 5.97. The largest absolute Gasteiger partial charge is 0.389 e. The molecule has 1 aliphatic carbocycles. The minimum absolute atomic E-state index is 0.103. The van der Waals surface area contributed by atoms with Gasteiger partial charge in [0.2, 0.25) is 0 Å². The molecule has 0 saturated heterocycles. The summed E-state index contributed by atoms with van der Waals surface area (Å²) in [6, 6.07) is 8.63. The van der Waals surface area contributed by atoms with Crippen LogP contribution in [0.3, 0.4) is 0 Å². The molecule has 0 amide bonds. The van der Waals surface area contributed by atoms with Crippen molar-refractivity contribution >= 4 is 11.9 Å². The van der Waals surface area contributed by atoms with Gasteiger partial charge in [0.15, 0.2) is 0 Å². The Hall–Kier alpha value is -1.64. The smallest absolute Gasteiger partial charge is 0.345 e. The first-order valence-electron chi connectivity index (χ1n) is 6.48. The summed E-state index contributed by atoms with van der Waals surface area (Å²) in [6.45, 7) is 2.19. The fourth-order valence-corrected chi connectivity index (χ4v) is 2.30. The van der Waals surface area contributed by atoms with E-state index >= 15 is 0 Å². The molecule has 3 heteroatoms. The summed E-state index contributed by atoms with van der Waals surface area (Å²) < 4.78 is 4.93. The van der Waals surface area contributed by atoms with Gasteiger partial charge in [-0.3, -0.25) is 4.79 Å². The molecule has 0 aromatic heterocycles. The lowest BCUT2D eigenvalue weighted by molar-refractivity contribution is -0.143. The number of ether oxygens (including phenoxy) is 1. The van der Waals surface area contributed by atoms with E-state index in [1.807, 2.05) is 6.07 Å². The van der Waals surface area contributed by atoms with Gasteiger partial charge in [-0.25, -0.2) is 4.79 Å². The van der Waals surface area contributed by atoms with Crippen molar-refractivity contribution in [2.75, 3.05) is 0 Å². The van der Waals surface area contributed by atoms with Crippen LogP contribution in [0, 0.1) is 11.8 Å². The molecule has 96 valence electrons. The zero-order valence-electron chi connectivity index (χ0n) is 10.6. The molecule has 0 unspecified atom stereocenters. The van der Waals surface area contributed by atoms with Crippen LogP contribution in [0.2, 0.25) is 0 Å². The van der Waals surface area contributed by atoms with Crippen molar-refractivity contribution in [3.05, 3.63) is 35.9 Å². The molecule has 0 bridgehead atoms. The van der Waals surface area contributed by atoms with Crippen molar-refractivity contribution < 1.29 is 14.3 Å². The van der Waals surface area contributed by atoms with Gasteiger partial charge in [-0.15, -0.1) is 0 Å². The molecular formula is C15H18O3. The highest BCUT2D eigenvalue weighted by Gasteiger charge is 2.27. The Kier molecular flexibility index (Phi) is 4.13. The zero-order valence-corrected chi connectivity index (χ0v) is 10.6. The third-order valence-corrected chi connectivity index (χ3v) is 3.55. The molecule has 0 N–H and O–H groups in total. The monoisotopic (exact) mass is 246 g/mol. The normalized spacial score (nSPS) is 23.4. The van der Waals surface area contributed by atoms with E-state index in [1.54, 1.807) is 24.3 Å². The average molecular weight is 246 g/mol.